The summed E-state index contributed by atoms with van der Waals surface area (Å²) in [5.41, 5.74) is 0.475. The van der Waals surface area contributed by atoms with Crippen molar-refractivity contribution in [1.82, 2.24) is 25.5 Å². The summed E-state index contributed by atoms with van der Waals surface area (Å²) in [6.45, 7) is 0.502. The predicted octanol–water partition coefficient (Wildman–Crippen LogP) is 1.42. The van der Waals surface area contributed by atoms with E-state index >= 15 is 0 Å². The summed E-state index contributed by atoms with van der Waals surface area (Å²) in [5, 5.41) is 22.9. The third kappa shape index (κ3) is 4.01. The lowest BCUT2D eigenvalue weighted by atomic mass is 10.0. The van der Waals surface area contributed by atoms with Crippen molar-refractivity contribution >= 4 is 5.91 Å². The van der Waals surface area contributed by atoms with Crippen molar-refractivity contribution in [3.05, 3.63) is 30.3 Å². The molecule has 24 heavy (non-hydrogen) atoms. The lowest BCUT2D eigenvalue weighted by Crippen LogP contribution is -2.31. The smallest absolute Gasteiger partial charge is 0.243 e. The van der Waals surface area contributed by atoms with E-state index in [1.54, 1.807) is 0 Å². The topological polar surface area (TPSA) is 97.4 Å². The van der Waals surface area contributed by atoms with Crippen LogP contribution in [-0.4, -0.2) is 38.3 Å². The van der Waals surface area contributed by atoms with Crippen LogP contribution in [0.4, 0.5) is 0 Å². The molecule has 122 valence electrons. The molecule has 1 aliphatic rings. The summed E-state index contributed by atoms with van der Waals surface area (Å²) in [4.78, 5) is 13.2. The summed E-state index contributed by atoms with van der Waals surface area (Å²) in [6, 6.07) is 9.48. The second kappa shape index (κ2) is 7.00. The Hall–Kier alpha value is -3.08. The van der Waals surface area contributed by atoms with Crippen LogP contribution < -0.4 is 5.32 Å². The number of nitrogens with zero attached hydrogens (tertiary/aromatic N) is 6. The first-order chi connectivity index (χ1) is 11.7. The molecule has 1 aromatic heterocycles. The Labute approximate surface area is 139 Å². The Kier molecular flexibility index (Phi) is 4.61. The van der Waals surface area contributed by atoms with E-state index in [1.807, 2.05) is 30.3 Å². The number of carbonyl (C=O) groups is 1. The van der Waals surface area contributed by atoms with Gasteiger partial charge in [-0.05, 0) is 5.21 Å². The Morgan fingerprint density at radius 1 is 1.25 bits per heavy atom. The van der Waals surface area contributed by atoms with Crippen LogP contribution in [0.15, 0.2) is 40.6 Å². The first-order valence-electron chi connectivity index (χ1n) is 7.68. The van der Waals surface area contributed by atoms with E-state index in [0.717, 1.165) is 12.0 Å². The van der Waals surface area contributed by atoms with Crippen molar-refractivity contribution in [2.75, 3.05) is 6.54 Å². The van der Waals surface area contributed by atoms with E-state index in [0.29, 0.717) is 25.2 Å². The van der Waals surface area contributed by atoms with Gasteiger partial charge in [0.05, 0.1) is 0 Å². The molecule has 3 rings (SSSR count). The van der Waals surface area contributed by atoms with E-state index < -0.39 is 0 Å². The number of nitrogens with one attached hydrogen (secondary N) is 1. The molecular formula is C16H17N7O. The van der Waals surface area contributed by atoms with Crippen molar-refractivity contribution in [3.63, 3.8) is 0 Å². The van der Waals surface area contributed by atoms with Crippen LogP contribution >= 0.6 is 0 Å². The van der Waals surface area contributed by atoms with Crippen molar-refractivity contribution in [3.8, 4) is 23.7 Å². The Bertz CT molecular complexity index is 769. The molecule has 1 aliphatic heterocycles. The van der Waals surface area contributed by atoms with Crippen LogP contribution in [0.5, 0.6) is 0 Å². The zero-order chi connectivity index (χ0) is 16.8. The molecule has 0 fully saturated rings. The summed E-state index contributed by atoms with van der Waals surface area (Å²) >= 11 is 0. The van der Waals surface area contributed by atoms with E-state index in [-0.39, 0.29) is 18.1 Å². The van der Waals surface area contributed by atoms with Gasteiger partial charge in [-0.3, -0.25) is 4.79 Å². The lowest BCUT2D eigenvalue weighted by molar-refractivity contribution is -0.122. The van der Waals surface area contributed by atoms with Gasteiger partial charge in [0.1, 0.15) is 6.54 Å². The van der Waals surface area contributed by atoms with Crippen molar-refractivity contribution in [1.29, 1.82) is 0 Å². The number of benzene rings is 1. The molecule has 1 N–H and O–H groups in total. The van der Waals surface area contributed by atoms with Gasteiger partial charge < -0.3 is 5.32 Å². The standard InChI is InChI=1S/C16H17N7O/c1-2-3-9-16(20-21-16)10-11-17-14(24)12-23-19-15(18-22-23)13-7-5-4-6-8-13/h1,4-8H,3,9-12H2,(H,17,24). The van der Waals surface area contributed by atoms with Gasteiger partial charge in [-0.25, -0.2) is 0 Å². The number of rotatable bonds is 8. The van der Waals surface area contributed by atoms with Gasteiger partial charge >= 0.3 is 0 Å². The fourth-order valence-corrected chi connectivity index (χ4v) is 2.27. The highest BCUT2D eigenvalue weighted by molar-refractivity contribution is 5.75. The van der Waals surface area contributed by atoms with Gasteiger partial charge in [0.25, 0.3) is 0 Å². The van der Waals surface area contributed by atoms with Gasteiger partial charge in [0, 0.05) is 31.4 Å². The molecule has 2 heterocycles. The molecule has 0 radical (unpaired) electrons. The fraction of sp³-hybridized carbons (Fsp3) is 0.375. The second-order valence-corrected chi connectivity index (χ2v) is 5.50. The fourth-order valence-electron chi connectivity index (χ4n) is 2.27. The third-order valence-corrected chi connectivity index (χ3v) is 3.67. The highest BCUT2D eigenvalue weighted by Gasteiger charge is 2.38. The largest absolute Gasteiger partial charge is 0.354 e. The van der Waals surface area contributed by atoms with E-state index in [4.69, 9.17) is 6.42 Å². The molecular weight excluding hydrogens is 306 g/mol. The first-order valence-corrected chi connectivity index (χ1v) is 7.68. The summed E-state index contributed by atoms with van der Waals surface area (Å²) in [5.74, 6) is 2.89. The minimum atomic E-state index is -0.383. The Morgan fingerprint density at radius 3 is 2.75 bits per heavy atom. The SMILES string of the molecule is C#CCCC1(CCNC(=O)Cn2nnc(-c3ccccc3)n2)N=N1. The molecule has 0 saturated carbocycles. The zero-order valence-electron chi connectivity index (χ0n) is 13.1. The second-order valence-electron chi connectivity index (χ2n) is 5.50. The maximum Gasteiger partial charge on any atom is 0.243 e. The molecule has 0 bridgehead atoms. The molecule has 2 aromatic rings. The molecule has 0 aliphatic carbocycles. The molecule has 8 nitrogen and oxygen atoms in total. The monoisotopic (exact) mass is 323 g/mol. The molecule has 1 amide bonds. The minimum absolute atomic E-state index is 0.0193. The maximum atomic E-state index is 11.9. The van der Waals surface area contributed by atoms with Gasteiger partial charge in [-0.1, -0.05) is 30.3 Å². The number of aromatic nitrogens is 4. The minimum Gasteiger partial charge on any atom is -0.354 e. The van der Waals surface area contributed by atoms with Gasteiger partial charge in [-0.15, -0.1) is 22.5 Å². The van der Waals surface area contributed by atoms with Crippen LogP contribution in [0.25, 0.3) is 11.4 Å². The molecule has 0 unspecified atom stereocenters. The average Bonchev–Trinajstić information content (AvgIpc) is 3.22. The van der Waals surface area contributed by atoms with Crippen molar-refractivity contribution in [2.45, 2.75) is 31.5 Å². The summed E-state index contributed by atoms with van der Waals surface area (Å²) in [6.07, 6.45) is 7.26. The lowest BCUT2D eigenvalue weighted by Gasteiger charge is -2.09. The van der Waals surface area contributed by atoms with Crippen molar-refractivity contribution < 1.29 is 4.79 Å². The van der Waals surface area contributed by atoms with Crippen LogP contribution in [0, 0.1) is 12.3 Å². The Morgan fingerprint density at radius 2 is 2.04 bits per heavy atom. The van der Waals surface area contributed by atoms with E-state index in [2.05, 4.69) is 36.9 Å². The molecule has 0 saturated heterocycles. The van der Waals surface area contributed by atoms with Crippen LogP contribution in [0.3, 0.4) is 0 Å². The number of tetrazole rings is 1. The summed E-state index contributed by atoms with van der Waals surface area (Å²) in [7, 11) is 0. The highest BCUT2D eigenvalue weighted by Crippen LogP contribution is 2.35. The van der Waals surface area contributed by atoms with Gasteiger partial charge in [-0.2, -0.15) is 15.0 Å². The molecule has 8 heteroatoms. The number of terminal acetylenes is 1. The number of hydrogen-bond donors (Lipinski definition) is 1. The van der Waals surface area contributed by atoms with Crippen LogP contribution in [0.1, 0.15) is 19.3 Å². The molecule has 1 aromatic carbocycles. The van der Waals surface area contributed by atoms with Gasteiger partial charge in [0.2, 0.25) is 11.7 Å². The Balaban J connectivity index is 1.44. The average molecular weight is 323 g/mol. The summed E-state index contributed by atoms with van der Waals surface area (Å²) < 4.78 is 0. The highest BCUT2D eigenvalue weighted by atomic mass is 16.2. The van der Waals surface area contributed by atoms with Gasteiger partial charge in [0.15, 0.2) is 5.66 Å². The zero-order valence-corrected chi connectivity index (χ0v) is 13.1. The van der Waals surface area contributed by atoms with E-state index in [1.165, 1.54) is 4.80 Å². The van der Waals surface area contributed by atoms with Crippen LogP contribution in [-0.2, 0) is 11.3 Å². The van der Waals surface area contributed by atoms with Crippen LogP contribution in [0.2, 0.25) is 0 Å². The molecule has 0 spiro atoms. The predicted molar refractivity (Wildman–Crippen MR) is 86.5 cm³/mol. The number of hydrogen-bond acceptors (Lipinski definition) is 6. The quantitative estimate of drug-likeness (QED) is 0.743. The number of amides is 1. The third-order valence-electron chi connectivity index (χ3n) is 3.67. The normalized spacial score (nSPS) is 14.1. The first kappa shape index (κ1) is 15.8. The van der Waals surface area contributed by atoms with E-state index in [9.17, 15) is 4.79 Å². The maximum absolute atomic E-state index is 11.9. The number of carbonyl (C=O) groups excluding carboxylic acids is 1. The van der Waals surface area contributed by atoms with Crippen molar-refractivity contribution in [2.24, 2.45) is 10.2 Å². The molecule has 0 atom stereocenters.